The summed E-state index contributed by atoms with van der Waals surface area (Å²) in [6, 6.07) is 14.9. The van der Waals surface area contributed by atoms with E-state index < -0.39 is 0 Å². The average Bonchev–Trinajstić information content (AvgIpc) is 3.05. The Hall–Kier alpha value is -2.63. The SMILES string of the molecule is Cc1nnn2c1-c1ccc(C3=CCOCC3)cc1C(Nc1ccc(Cl)cc1)CC2. The van der Waals surface area contributed by atoms with Crippen molar-refractivity contribution < 1.29 is 4.74 Å². The van der Waals surface area contributed by atoms with Gasteiger partial charge in [0.25, 0.3) is 0 Å². The van der Waals surface area contributed by atoms with E-state index in [9.17, 15) is 0 Å². The van der Waals surface area contributed by atoms with E-state index >= 15 is 0 Å². The Bertz CT molecular complexity index is 1070. The van der Waals surface area contributed by atoms with Crippen LogP contribution in [0.1, 0.15) is 35.7 Å². The molecule has 2 aliphatic rings. The first-order valence-electron chi connectivity index (χ1n) is 10.0. The van der Waals surface area contributed by atoms with Crippen molar-refractivity contribution in [1.29, 1.82) is 0 Å². The van der Waals surface area contributed by atoms with Gasteiger partial charge in [0.1, 0.15) is 0 Å². The van der Waals surface area contributed by atoms with E-state index in [1.807, 2.05) is 35.9 Å². The van der Waals surface area contributed by atoms with Crippen LogP contribution in [0.15, 0.2) is 48.5 Å². The van der Waals surface area contributed by atoms with Crippen LogP contribution < -0.4 is 5.32 Å². The summed E-state index contributed by atoms with van der Waals surface area (Å²) in [7, 11) is 0. The van der Waals surface area contributed by atoms with Gasteiger partial charge in [-0.2, -0.15) is 0 Å². The predicted octanol–water partition coefficient (Wildman–Crippen LogP) is 5.27. The van der Waals surface area contributed by atoms with Crippen molar-refractivity contribution in [3.05, 3.63) is 70.4 Å². The Balaban J connectivity index is 1.59. The number of benzene rings is 2. The second-order valence-electron chi connectivity index (χ2n) is 7.60. The topological polar surface area (TPSA) is 52.0 Å². The first-order valence-corrected chi connectivity index (χ1v) is 10.4. The molecule has 5 rings (SSSR count). The summed E-state index contributed by atoms with van der Waals surface area (Å²) in [6.07, 6.45) is 4.07. The van der Waals surface area contributed by atoms with Crippen LogP contribution >= 0.6 is 11.6 Å². The quantitative estimate of drug-likeness (QED) is 0.644. The summed E-state index contributed by atoms with van der Waals surface area (Å²) in [4.78, 5) is 0. The number of hydrogen-bond donors (Lipinski definition) is 1. The molecular formula is C23H23ClN4O. The van der Waals surface area contributed by atoms with Crippen LogP contribution in [-0.4, -0.2) is 28.2 Å². The summed E-state index contributed by atoms with van der Waals surface area (Å²) in [5.74, 6) is 0. The zero-order valence-corrected chi connectivity index (χ0v) is 17.1. The van der Waals surface area contributed by atoms with Crippen molar-refractivity contribution in [2.45, 2.75) is 32.4 Å². The first-order chi connectivity index (χ1) is 14.2. The molecule has 5 nitrogen and oxygen atoms in total. The molecule has 1 unspecified atom stereocenters. The maximum atomic E-state index is 6.07. The van der Waals surface area contributed by atoms with Gasteiger partial charge in [0.2, 0.25) is 0 Å². The molecule has 6 heteroatoms. The fraction of sp³-hybridized carbons (Fsp3) is 0.304. The molecule has 2 aliphatic heterocycles. The Kier molecular flexibility index (Phi) is 4.86. The minimum absolute atomic E-state index is 0.174. The predicted molar refractivity (Wildman–Crippen MR) is 116 cm³/mol. The molecule has 29 heavy (non-hydrogen) atoms. The van der Waals surface area contributed by atoms with Gasteiger partial charge in [-0.25, -0.2) is 4.68 Å². The fourth-order valence-corrected chi connectivity index (χ4v) is 4.38. The Labute approximate surface area is 175 Å². The molecule has 1 atom stereocenters. The number of nitrogens with one attached hydrogen (secondary N) is 1. The van der Waals surface area contributed by atoms with Crippen molar-refractivity contribution in [3.63, 3.8) is 0 Å². The van der Waals surface area contributed by atoms with Gasteiger partial charge in [-0.15, -0.1) is 5.10 Å². The highest BCUT2D eigenvalue weighted by Crippen LogP contribution is 2.38. The number of aromatic nitrogens is 3. The van der Waals surface area contributed by atoms with Crippen LogP contribution in [0.2, 0.25) is 5.02 Å². The number of nitrogens with zero attached hydrogens (tertiary/aromatic N) is 3. The summed E-state index contributed by atoms with van der Waals surface area (Å²) >= 11 is 6.07. The van der Waals surface area contributed by atoms with Gasteiger partial charge in [-0.05, 0) is 66.8 Å². The molecule has 0 amide bonds. The number of aryl methyl sites for hydroxylation is 2. The second kappa shape index (κ2) is 7.65. The van der Waals surface area contributed by atoms with Crippen LogP contribution in [0, 0.1) is 6.92 Å². The van der Waals surface area contributed by atoms with E-state index in [1.54, 1.807) is 0 Å². The molecule has 3 heterocycles. The van der Waals surface area contributed by atoms with Gasteiger partial charge in [-0.1, -0.05) is 35.0 Å². The number of ether oxygens (including phenoxy) is 1. The summed E-state index contributed by atoms with van der Waals surface area (Å²) < 4.78 is 7.53. The third kappa shape index (κ3) is 3.56. The van der Waals surface area contributed by atoms with Gasteiger partial charge in [-0.3, -0.25) is 0 Å². The number of anilines is 1. The van der Waals surface area contributed by atoms with Crippen molar-refractivity contribution in [2.75, 3.05) is 18.5 Å². The zero-order valence-electron chi connectivity index (χ0n) is 16.4. The van der Waals surface area contributed by atoms with E-state index in [1.165, 1.54) is 22.3 Å². The minimum Gasteiger partial charge on any atom is -0.378 e. The minimum atomic E-state index is 0.174. The molecule has 1 N–H and O–H groups in total. The van der Waals surface area contributed by atoms with E-state index in [0.29, 0.717) is 6.61 Å². The largest absolute Gasteiger partial charge is 0.378 e. The molecule has 2 aromatic carbocycles. The number of fused-ring (bicyclic) bond motifs is 3. The van der Waals surface area contributed by atoms with E-state index in [2.05, 4.69) is 39.9 Å². The van der Waals surface area contributed by atoms with Crippen LogP contribution in [0.4, 0.5) is 5.69 Å². The van der Waals surface area contributed by atoms with Crippen LogP contribution in [0.25, 0.3) is 16.8 Å². The zero-order chi connectivity index (χ0) is 19.8. The van der Waals surface area contributed by atoms with Crippen molar-refractivity contribution in [3.8, 4) is 11.3 Å². The molecule has 0 spiro atoms. The molecule has 0 aliphatic carbocycles. The van der Waals surface area contributed by atoms with Crippen LogP contribution in [-0.2, 0) is 11.3 Å². The molecule has 0 bridgehead atoms. The number of halogens is 1. The summed E-state index contributed by atoms with van der Waals surface area (Å²) in [5.41, 5.74) is 8.27. The molecule has 148 valence electrons. The lowest BCUT2D eigenvalue weighted by molar-refractivity contribution is 0.161. The summed E-state index contributed by atoms with van der Waals surface area (Å²) in [5, 5.41) is 13.2. The van der Waals surface area contributed by atoms with E-state index in [0.717, 1.165) is 48.1 Å². The molecule has 0 fully saturated rings. The third-order valence-corrected chi connectivity index (χ3v) is 5.99. The van der Waals surface area contributed by atoms with E-state index in [-0.39, 0.29) is 6.04 Å². The fourth-order valence-electron chi connectivity index (χ4n) is 4.25. The normalized spacial score (nSPS) is 18.4. The lowest BCUT2D eigenvalue weighted by Gasteiger charge is -2.22. The maximum Gasteiger partial charge on any atom is 0.0918 e. The average molecular weight is 407 g/mol. The molecule has 0 radical (unpaired) electrons. The van der Waals surface area contributed by atoms with Gasteiger partial charge < -0.3 is 10.1 Å². The lowest BCUT2D eigenvalue weighted by atomic mass is 9.91. The number of hydrogen-bond acceptors (Lipinski definition) is 4. The van der Waals surface area contributed by atoms with Crippen molar-refractivity contribution in [1.82, 2.24) is 15.0 Å². The highest BCUT2D eigenvalue weighted by molar-refractivity contribution is 6.30. The van der Waals surface area contributed by atoms with Gasteiger partial charge in [0.15, 0.2) is 0 Å². The van der Waals surface area contributed by atoms with Gasteiger partial charge in [0.05, 0.1) is 30.6 Å². The van der Waals surface area contributed by atoms with Gasteiger partial charge in [0, 0.05) is 22.8 Å². The standard InChI is InChI=1S/C23H23ClN4O/c1-15-23-20-7-2-17(16-9-12-29-13-10-16)14-21(20)22(8-11-28(23)27-26-15)25-19-5-3-18(24)4-6-19/h2-7,9,14,22,25H,8,10-13H2,1H3. The van der Waals surface area contributed by atoms with E-state index in [4.69, 9.17) is 16.3 Å². The van der Waals surface area contributed by atoms with Crippen LogP contribution in [0.5, 0.6) is 0 Å². The Morgan fingerprint density at radius 1 is 1.17 bits per heavy atom. The molecule has 0 saturated carbocycles. The molecule has 1 aromatic heterocycles. The Morgan fingerprint density at radius 2 is 2.03 bits per heavy atom. The highest BCUT2D eigenvalue weighted by Gasteiger charge is 2.26. The van der Waals surface area contributed by atoms with Crippen LogP contribution in [0.3, 0.4) is 0 Å². The summed E-state index contributed by atoms with van der Waals surface area (Å²) in [6.45, 7) is 4.33. The smallest absolute Gasteiger partial charge is 0.0918 e. The Morgan fingerprint density at radius 3 is 2.83 bits per heavy atom. The van der Waals surface area contributed by atoms with Gasteiger partial charge >= 0.3 is 0 Å². The first kappa shape index (κ1) is 18.4. The molecule has 0 saturated heterocycles. The van der Waals surface area contributed by atoms with Crippen molar-refractivity contribution in [2.24, 2.45) is 0 Å². The monoisotopic (exact) mass is 406 g/mol. The molecular weight excluding hydrogens is 384 g/mol. The number of rotatable bonds is 3. The maximum absolute atomic E-state index is 6.07. The second-order valence-corrected chi connectivity index (χ2v) is 8.03. The third-order valence-electron chi connectivity index (χ3n) is 5.73. The molecule has 3 aromatic rings. The lowest BCUT2D eigenvalue weighted by Crippen LogP contribution is -2.13. The van der Waals surface area contributed by atoms with Crippen molar-refractivity contribution >= 4 is 22.9 Å². The highest BCUT2D eigenvalue weighted by atomic mass is 35.5.